The maximum Gasteiger partial charge on any atom is 0.157 e. The molecule has 1 aromatic heterocycles. The summed E-state index contributed by atoms with van der Waals surface area (Å²) in [6.07, 6.45) is 0.934. The van der Waals surface area contributed by atoms with Crippen LogP contribution in [0, 0.1) is 17.7 Å². The number of rotatable bonds is 1. The van der Waals surface area contributed by atoms with Gasteiger partial charge in [-0.2, -0.15) is 4.68 Å². The van der Waals surface area contributed by atoms with Crippen LogP contribution in [0.3, 0.4) is 0 Å². The largest absolute Gasteiger partial charge is 0.399 e. The highest BCUT2D eigenvalue weighted by atomic mass is 15.4. The SMILES string of the molecule is CC(=N)n1nc(N2CCc3c(C)cc(N)cc3C2)c2ccccc2c1=N. The Morgan fingerprint density at radius 2 is 1.92 bits per heavy atom. The first-order valence-electron chi connectivity index (χ1n) is 8.70. The lowest BCUT2D eigenvalue weighted by atomic mass is 9.94. The number of aromatic nitrogens is 2. The standard InChI is InChI=1S/C20H22N6/c1-12-9-15(22)10-14-11-25(8-7-16(12)14)20-18-6-4-3-5-17(18)19(23)26(24-20)13(2)21/h3-6,9-10,21,23H,7-8,11,22H2,1-2H3. The van der Waals surface area contributed by atoms with E-state index < -0.39 is 0 Å². The summed E-state index contributed by atoms with van der Waals surface area (Å²) in [5, 5.41) is 22.7. The van der Waals surface area contributed by atoms with Gasteiger partial charge in [0, 0.05) is 29.5 Å². The molecule has 132 valence electrons. The average molecular weight is 346 g/mol. The van der Waals surface area contributed by atoms with Gasteiger partial charge in [0.25, 0.3) is 0 Å². The van der Waals surface area contributed by atoms with E-state index >= 15 is 0 Å². The van der Waals surface area contributed by atoms with E-state index in [4.69, 9.17) is 16.6 Å². The van der Waals surface area contributed by atoms with Gasteiger partial charge in [0.1, 0.15) is 5.84 Å². The number of nitrogens with two attached hydrogens (primary N) is 1. The second kappa shape index (κ2) is 5.98. The van der Waals surface area contributed by atoms with Crippen molar-refractivity contribution < 1.29 is 0 Å². The number of benzene rings is 2. The van der Waals surface area contributed by atoms with Gasteiger partial charge in [-0.25, -0.2) is 0 Å². The fraction of sp³-hybridized carbons (Fsp3) is 0.250. The van der Waals surface area contributed by atoms with Crippen molar-refractivity contribution in [1.29, 1.82) is 10.8 Å². The van der Waals surface area contributed by atoms with Crippen LogP contribution in [-0.2, 0) is 13.0 Å². The Hall–Kier alpha value is -3.15. The maximum absolute atomic E-state index is 8.38. The molecule has 26 heavy (non-hydrogen) atoms. The van der Waals surface area contributed by atoms with Crippen molar-refractivity contribution in [2.75, 3.05) is 17.2 Å². The minimum Gasteiger partial charge on any atom is -0.399 e. The van der Waals surface area contributed by atoms with Crippen LogP contribution in [-0.4, -0.2) is 22.2 Å². The molecule has 0 radical (unpaired) electrons. The summed E-state index contributed by atoms with van der Waals surface area (Å²) in [6.45, 7) is 5.34. The Bertz CT molecular complexity index is 1100. The monoisotopic (exact) mass is 346 g/mol. The van der Waals surface area contributed by atoms with Gasteiger partial charge in [-0.1, -0.05) is 24.3 Å². The number of aryl methyl sites for hydroxylation is 1. The second-order valence-electron chi connectivity index (χ2n) is 6.86. The van der Waals surface area contributed by atoms with E-state index in [2.05, 4.69) is 16.9 Å². The Morgan fingerprint density at radius 3 is 2.65 bits per heavy atom. The Balaban J connectivity index is 1.88. The van der Waals surface area contributed by atoms with Crippen LogP contribution in [0.5, 0.6) is 0 Å². The molecule has 0 unspecified atom stereocenters. The summed E-state index contributed by atoms with van der Waals surface area (Å²) in [5.74, 6) is 1.05. The summed E-state index contributed by atoms with van der Waals surface area (Å²) in [7, 11) is 0. The molecule has 4 rings (SSSR count). The zero-order valence-corrected chi connectivity index (χ0v) is 15.0. The third kappa shape index (κ3) is 2.54. The molecule has 0 atom stereocenters. The van der Waals surface area contributed by atoms with Gasteiger partial charge < -0.3 is 10.6 Å². The van der Waals surface area contributed by atoms with E-state index in [9.17, 15) is 0 Å². The van der Waals surface area contributed by atoms with Crippen LogP contribution in [0.25, 0.3) is 10.8 Å². The van der Waals surface area contributed by atoms with E-state index in [1.54, 1.807) is 6.92 Å². The van der Waals surface area contributed by atoms with Gasteiger partial charge in [0.05, 0.1) is 0 Å². The molecule has 0 amide bonds. The topological polar surface area (TPSA) is 94.8 Å². The molecule has 0 spiro atoms. The third-order valence-corrected chi connectivity index (χ3v) is 5.03. The Kier molecular flexibility index (Phi) is 3.76. The number of nitrogens with zero attached hydrogens (tertiary/aromatic N) is 3. The molecule has 2 heterocycles. The van der Waals surface area contributed by atoms with Gasteiger partial charge in [0.2, 0.25) is 0 Å². The summed E-state index contributed by atoms with van der Waals surface area (Å²) in [4.78, 5) is 2.22. The molecular formula is C20H22N6. The highest BCUT2D eigenvalue weighted by Gasteiger charge is 2.22. The van der Waals surface area contributed by atoms with Crippen molar-refractivity contribution in [3.8, 4) is 0 Å². The van der Waals surface area contributed by atoms with Gasteiger partial charge in [-0.15, -0.1) is 5.10 Å². The number of nitrogen functional groups attached to an aromatic ring is 1. The van der Waals surface area contributed by atoms with E-state index in [-0.39, 0.29) is 11.3 Å². The van der Waals surface area contributed by atoms with Crippen LogP contribution < -0.4 is 16.1 Å². The van der Waals surface area contributed by atoms with Crippen LogP contribution in [0.2, 0.25) is 0 Å². The predicted octanol–water partition coefficient (Wildman–Crippen LogP) is 2.81. The van der Waals surface area contributed by atoms with Crippen LogP contribution in [0.1, 0.15) is 23.6 Å². The first-order chi connectivity index (χ1) is 12.5. The summed E-state index contributed by atoms with van der Waals surface area (Å²) in [5.41, 5.74) is 10.9. The van der Waals surface area contributed by atoms with Crippen LogP contribution >= 0.6 is 0 Å². The lowest BCUT2D eigenvalue weighted by molar-refractivity contribution is 0.698. The number of fused-ring (bicyclic) bond motifs is 2. The number of anilines is 2. The quantitative estimate of drug-likeness (QED) is 0.359. The molecule has 6 heteroatoms. The molecule has 4 N–H and O–H groups in total. The molecule has 0 saturated heterocycles. The van der Waals surface area contributed by atoms with Crippen molar-refractivity contribution in [1.82, 2.24) is 9.78 Å². The van der Waals surface area contributed by atoms with Crippen LogP contribution in [0.4, 0.5) is 11.5 Å². The molecule has 0 aliphatic carbocycles. The van der Waals surface area contributed by atoms with Crippen molar-refractivity contribution >= 4 is 28.1 Å². The van der Waals surface area contributed by atoms with E-state index in [1.807, 2.05) is 36.4 Å². The van der Waals surface area contributed by atoms with E-state index in [0.717, 1.165) is 41.8 Å². The van der Waals surface area contributed by atoms with E-state index in [0.29, 0.717) is 0 Å². The molecule has 0 fully saturated rings. The van der Waals surface area contributed by atoms with Crippen molar-refractivity contribution in [3.05, 3.63) is 58.6 Å². The van der Waals surface area contributed by atoms with Crippen molar-refractivity contribution in [3.63, 3.8) is 0 Å². The first kappa shape index (κ1) is 16.3. The summed E-state index contributed by atoms with van der Waals surface area (Å²) in [6, 6.07) is 11.9. The molecular weight excluding hydrogens is 324 g/mol. The average Bonchev–Trinajstić information content (AvgIpc) is 2.61. The van der Waals surface area contributed by atoms with Gasteiger partial charge in [0.15, 0.2) is 11.3 Å². The zero-order chi connectivity index (χ0) is 18.4. The van der Waals surface area contributed by atoms with Crippen molar-refractivity contribution in [2.45, 2.75) is 26.8 Å². The molecule has 6 nitrogen and oxygen atoms in total. The fourth-order valence-corrected chi connectivity index (χ4v) is 3.80. The lowest BCUT2D eigenvalue weighted by Gasteiger charge is -2.32. The highest BCUT2D eigenvalue weighted by molar-refractivity contribution is 5.93. The molecule has 3 aromatic rings. The van der Waals surface area contributed by atoms with Gasteiger partial charge >= 0.3 is 0 Å². The summed E-state index contributed by atoms with van der Waals surface area (Å²) >= 11 is 0. The third-order valence-electron chi connectivity index (χ3n) is 5.03. The zero-order valence-electron chi connectivity index (χ0n) is 15.0. The summed E-state index contributed by atoms with van der Waals surface area (Å²) < 4.78 is 1.40. The molecule has 2 aromatic carbocycles. The Labute approximate surface area is 151 Å². The van der Waals surface area contributed by atoms with Gasteiger partial charge in [-0.05, 0) is 49.1 Å². The fourth-order valence-electron chi connectivity index (χ4n) is 3.80. The molecule has 0 saturated carbocycles. The normalized spacial score (nSPS) is 13.7. The van der Waals surface area contributed by atoms with Gasteiger partial charge in [-0.3, -0.25) is 10.8 Å². The number of hydrogen-bond donors (Lipinski definition) is 3. The minimum absolute atomic E-state index is 0.236. The minimum atomic E-state index is 0.236. The molecule has 1 aliphatic rings. The Morgan fingerprint density at radius 1 is 1.19 bits per heavy atom. The second-order valence-corrected chi connectivity index (χ2v) is 6.86. The number of hydrogen-bond acceptors (Lipinski definition) is 5. The first-order valence-corrected chi connectivity index (χ1v) is 8.70. The van der Waals surface area contributed by atoms with Crippen LogP contribution in [0.15, 0.2) is 36.4 Å². The lowest BCUT2D eigenvalue weighted by Crippen LogP contribution is -2.35. The van der Waals surface area contributed by atoms with Crippen molar-refractivity contribution in [2.24, 2.45) is 0 Å². The predicted molar refractivity (Wildman–Crippen MR) is 105 cm³/mol. The smallest absolute Gasteiger partial charge is 0.157 e. The highest BCUT2D eigenvalue weighted by Crippen LogP contribution is 2.30. The molecule has 1 aliphatic heterocycles. The maximum atomic E-state index is 8.38. The number of nitrogens with one attached hydrogen (secondary N) is 2. The molecule has 0 bridgehead atoms. The van der Waals surface area contributed by atoms with E-state index in [1.165, 1.54) is 21.4 Å².